The molecule has 2 nitrogen and oxygen atoms in total. The molecule has 0 fully saturated rings. The fraction of sp³-hybridized carbons (Fsp3) is 0.842. The number of esters is 1. The van der Waals surface area contributed by atoms with Gasteiger partial charge in [0.15, 0.2) is 0 Å². The molecule has 0 amide bonds. The Morgan fingerprint density at radius 1 is 0.857 bits per heavy atom. The molecule has 0 aliphatic heterocycles. The zero-order chi connectivity index (χ0) is 15.3. The molecule has 0 aromatic carbocycles. The first-order valence-corrected chi connectivity index (χ1v) is 9.07. The minimum atomic E-state index is -0.154. The van der Waals surface area contributed by atoms with E-state index in [1.807, 2.05) is 0 Å². The van der Waals surface area contributed by atoms with Gasteiger partial charge in [-0.3, -0.25) is 4.79 Å². The van der Waals surface area contributed by atoms with Gasteiger partial charge >= 0.3 is 5.97 Å². The fourth-order valence-corrected chi connectivity index (χ4v) is 2.85. The van der Waals surface area contributed by atoms with E-state index in [0.717, 1.165) is 6.42 Å². The Bertz CT molecular complexity index is 318. The lowest BCUT2D eigenvalue weighted by molar-refractivity contribution is -0.141. The van der Waals surface area contributed by atoms with Crippen LogP contribution in [-0.4, -0.2) is 12.6 Å². The molecule has 1 aliphatic carbocycles. The van der Waals surface area contributed by atoms with Crippen molar-refractivity contribution in [3.8, 4) is 0 Å². The van der Waals surface area contributed by atoms with Crippen molar-refractivity contribution in [2.24, 2.45) is 0 Å². The molecule has 1 rings (SSSR count). The van der Waals surface area contributed by atoms with Gasteiger partial charge < -0.3 is 4.74 Å². The van der Waals surface area contributed by atoms with Crippen molar-refractivity contribution < 1.29 is 9.53 Å². The van der Waals surface area contributed by atoms with Crippen molar-refractivity contribution in [3.05, 3.63) is 11.1 Å². The number of ether oxygens (including phenoxy) is 1. The molecule has 0 saturated carbocycles. The SMILES string of the molecule is CCCCC1=C(CCCCCCCCCCOC(C)=O)C1. The average molecular weight is 294 g/mol. The molecular formula is C19H34O2. The second-order valence-electron chi connectivity index (χ2n) is 6.41. The first-order valence-electron chi connectivity index (χ1n) is 9.07. The van der Waals surface area contributed by atoms with Crippen LogP contribution in [0.15, 0.2) is 11.1 Å². The van der Waals surface area contributed by atoms with Gasteiger partial charge in [0, 0.05) is 6.92 Å². The maximum absolute atomic E-state index is 10.6. The van der Waals surface area contributed by atoms with Crippen LogP contribution in [0.5, 0.6) is 0 Å². The molecule has 122 valence electrons. The largest absolute Gasteiger partial charge is 0.466 e. The van der Waals surface area contributed by atoms with Gasteiger partial charge in [0.1, 0.15) is 0 Å². The topological polar surface area (TPSA) is 26.3 Å². The molecule has 0 heterocycles. The quantitative estimate of drug-likeness (QED) is 0.225. The monoisotopic (exact) mass is 294 g/mol. The van der Waals surface area contributed by atoms with Gasteiger partial charge in [0.2, 0.25) is 0 Å². The summed E-state index contributed by atoms with van der Waals surface area (Å²) >= 11 is 0. The molecule has 2 heteroatoms. The van der Waals surface area contributed by atoms with Gasteiger partial charge in [-0.05, 0) is 38.5 Å². The van der Waals surface area contributed by atoms with Crippen LogP contribution >= 0.6 is 0 Å². The van der Waals surface area contributed by atoms with Gasteiger partial charge in [-0.2, -0.15) is 0 Å². The highest BCUT2D eigenvalue weighted by Gasteiger charge is 2.18. The summed E-state index contributed by atoms with van der Waals surface area (Å²) in [4.78, 5) is 10.6. The second-order valence-corrected chi connectivity index (χ2v) is 6.41. The summed E-state index contributed by atoms with van der Waals surface area (Å²) in [6, 6.07) is 0. The lowest BCUT2D eigenvalue weighted by Gasteiger charge is -2.02. The molecule has 0 atom stereocenters. The van der Waals surface area contributed by atoms with E-state index < -0.39 is 0 Å². The van der Waals surface area contributed by atoms with Gasteiger partial charge in [-0.25, -0.2) is 0 Å². The summed E-state index contributed by atoms with van der Waals surface area (Å²) in [5, 5.41) is 0. The van der Waals surface area contributed by atoms with Crippen LogP contribution in [0.2, 0.25) is 0 Å². The van der Waals surface area contributed by atoms with Crippen LogP contribution in [0, 0.1) is 0 Å². The zero-order valence-electron chi connectivity index (χ0n) is 14.2. The van der Waals surface area contributed by atoms with E-state index in [2.05, 4.69) is 6.92 Å². The minimum Gasteiger partial charge on any atom is -0.466 e. The Balaban J connectivity index is 1.75. The van der Waals surface area contributed by atoms with E-state index in [1.165, 1.54) is 84.0 Å². The number of rotatable bonds is 14. The summed E-state index contributed by atoms with van der Waals surface area (Å²) in [5.41, 5.74) is 3.57. The molecule has 0 radical (unpaired) electrons. The van der Waals surface area contributed by atoms with Crippen molar-refractivity contribution in [1.82, 2.24) is 0 Å². The fourth-order valence-electron chi connectivity index (χ4n) is 2.85. The number of carbonyl (C=O) groups is 1. The third-order valence-electron chi connectivity index (χ3n) is 4.31. The highest BCUT2D eigenvalue weighted by atomic mass is 16.5. The first-order chi connectivity index (χ1) is 10.2. The van der Waals surface area contributed by atoms with Crippen molar-refractivity contribution in [1.29, 1.82) is 0 Å². The van der Waals surface area contributed by atoms with Crippen LogP contribution in [-0.2, 0) is 9.53 Å². The third-order valence-corrected chi connectivity index (χ3v) is 4.31. The van der Waals surface area contributed by atoms with E-state index in [-0.39, 0.29) is 5.97 Å². The maximum atomic E-state index is 10.6. The summed E-state index contributed by atoms with van der Waals surface area (Å²) in [6.45, 7) is 4.36. The number of allylic oxidation sites excluding steroid dienone is 2. The predicted octanol–water partition coefficient (Wildman–Crippen LogP) is 5.95. The van der Waals surface area contributed by atoms with Gasteiger partial charge in [0.25, 0.3) is 0 Å². The molecule has 0 aromatic heterocycles. The number of hydrogen-bond acceptors (Lipinski definition) is 2. The van der Waals surface area contributed by atoms with Crippen molar-refractivity contribution in [2.75, 3.05) is 6.61 Å². The predicted molar refractivity (Wildman–Crippen MR) is 89.4 cm³/mol. The van der Waals surface area contributed by atoms with Crippen LogP contribution in [0.3, 0.4) is 0 Å². The van der Waals surface area contributed by atoms with Gasteiger partial charge in [-0.15, -0.1) is 0 Å². The Kier molecular flexibility index (Phi) is 10.3. The van der Waals surface area contributed by atoms with Gasteiger partial charge in [-0.1, -0.05) is 63.0 Å². The molecule has 0 spiro atoms. The van der Waals surface area contributed by atoms with Crippen LogP contribution in [0.25, 0.3) is 0 Å². The number of carbonyl (C=O) groups excluding carboxylic acids is 1. The summed E-state index contributed by atoms with van der Waals surface area (Å²) in [7, 11) is 0. The maximum Gasteiger partial charge on any atom is 0.302 e. The first kappa shape index (κ1) is 18.3. The molecule has 0 saturated heterocycles. The summed E-state index contributed by atoms with van der Waals surface area (Å²) in [6.07, 6.45) is 17.2. The molecule has 0 aromatic rings. The van der Waals surface area contributed by atoms with Crippen LogP contribution in [0.4, 0.5) is 0 Å². The minimum absolute atomic E-state index is 0.154. The van der Waals surface area contributed by atoms with Crippen LogP contribution < -0.4 is 0 Å². The van der Waals surface area contributed by atoms with E-state index in [0.29, 0.717) is 6.61 Å². The molecule has 0 bridgehead atoms. The van der Waals surface area contributed by atoms with Crippen LogP contribution in [0.1, 0.15) is 97.3 Å². The van der Waals surface area contributed by atoms with Crippen molar-refractivity contribution in [3.63, 3.8) is 0 Å². The van der Waals surface area contributed by atoms with E-state index in [1.54, 1.807) is 11.1 Å². The normalized spacial score (nSPS) is 13.6. The smallest absolute Gasteiger partial charge is 0.302 e. The Hall–Kier alpha value is -0.790. The van der Waals surface area contributed by atoms with E-state index >= 15 is 0 Å². The van der Waals surface area contributed by atoms with Crippen molar-refractivity contribution in [2.45, 2.75) is 97.3 Å². The molecule has 21 heavy (non-hydrogen) atoms. The Morgan fingerprint density at radius 2 is 1.38 bits per heavy atom. The standard InChI is InChI=1S/C19H34O2/c1-3-4-13-18-16-19(18)14-11-9-7-5-6-8-10-12-15-21-17(2)20/h3-16H2,1-2H3. The van der Waals surface area contributed by atoms with Crippen molar-refractivity contribution >= 4 is 5.97 Å². The summed E-state index contributed by atoms with van der Waals surface area (Å²) < 4.78 is 4.92. The molecule has 0 unspecified atom stereocenters. The van der Waals surface area contributed by atoms with E-state index in [4.69, 9.17) is 4.74 Å². The van der Waals surface area contributed by atoms with E-state index in [9.17, 15) is 4.79 Å². The lowest BCUT2D eigenvalue weighted by Crippen LogP contribution is -2.00. The number of unbranched alkanes of at least 4 members (excludes halogenated alkanes) is 8. The second kappa shape index (κ2) is 11.8. The number of hydrogen-bond donors (Lipinski definition) is 0. The lowest BCUT2D eigenvalue weighted by atomic mass is 10.1. The third kappa shape index (κ3) is 10.6. The molecule has 1 aliphatic rings. The highest BCUT2D eigenvalue weighted by Crippen LogP contribution is 2.38. The van der Waals surface area contributed by atoms with Gasteiger partial charge in [0.05, 0.1) is 6.61 Å². The average Bonchev–Trinajstić information content (AvgIpc) is 3.20. The Labute approximate surface area is 131 Å². The zero-order valence-corrected chi connectivity index (χ0v) is 14.2. The molecule has 0 N–H and O–H groups in total. The summed E-state index contributed by atoms with van der Waals surface area (Å²) in [5.74, 6) is -0.154. The molecular weight excluding hydrogens is 260 g/mol. The highest BCUT2D eigenvalue weighted by molar-refractivity contribution is 5.65. The Morgan fingerprint density at radius 3 is 1.95 bits per heavy atom.